The number of nitrogens with zero attached hydrogens (tertiary/aromatic N) is 3. The van der Waals surface area contributed by atoms with Crippen molar-refractivity contribution in [1.29, 1.82) is 0 Å². The van der Waals surface area contributed by atoms with E-state index in [0.717, 1.165) is 24.6 Å². The first-order valence-corrected chi connectivity index (χ1v) is 5.14. The Morgan fingerprint density at radius 1 is 1.40 bits per heavy atom. The van der Waals surface area contributed by atoms with Gasteiger partial charge in [0.25, 0.3) is 0 Å². The fourth-order valence-corrected chi connectivity index (χ4v) is 1.73. The van der Waals surface area contributed by atoms with Crippen LogP contribution in [-0.2, 0) is 0 Å². The highest BCUT2D eigenvalue weighted by atomic mass is 16.5. The summed E-state index contributed by atoms with van der Waals surface area (Å²) in [6.07, 6.45) is 4.18. The number of aromatic nitrogens is 2. The molecule has 4 nitrogen and oxygen atoms in total. The lowest BCUT2D eigenvalue weighted by Crippen LogP contribution is -2.19. The Bertz CT molecular complexity index is 359. The summed E-state index contributed by atoms with van der Waals surface area (Å²) >= 11 is 0. The maximum atomic E-state index is 5.06. The van der Waals surface area contributed by atoms with Gasteiger partial charge in [0.05, 0.1) is 12.8 Å². The van der Waals surface area contributed by atoms with Crippen LogP contribution in [0.5, 0.6) is 6.01 Å². The average molecular weight is 205 g/mol. The lowest BCUT2D eigenvalue weighted by Gasteiger charge is -2.16. The van der Waals surface area contributed by atoms with Crippen LogP contribution in [0.2, 0.25) is 0 Å². The van der Waals surface area contributed by atoms with Crippen molar-refractivity contribution in [2.45, 2.75) is 12.8 Å². The molecular formula is C11H15N3O. The number of methoxy groups -OCH3 is 1. The van der Waals surface area contributed by atoms with E-state index >= 15 is 0 Å². The molecule has 0 amide bonds. The van der Waals surface area contributed by atoms with Gasteiger partial charge in [-0.15, -0.1) is 0 Å². The summed E-state index contributed by atoms with van der Waals surface area (Å²) in [7, 11) is 1.58. The van der Waals surface area contributed by atoms with Crippen molar-refractivity contribution >= 4 is 11.9 Å². The molecule has 2 rings (SSSR count). The molecule has 15 heavy (non-hydrogen) atoms. The number of hydrogen-bond donors (Lipinski definition) is 0. The molecule has 0 saturated carbocycles. The van der Waals surface area contributed by atoms with Crippen LogP contribution in [0.1, 0.15) is 18.5 Å². The molecular weight excluding hydrogens is 190 g/mol. The van der Waals surface area contributed by atoms with Gasteiger partial charge in [-0.2, -0.15) is 9.97 Å². The molecule has 0 unspecified atom stereocenters. The third-order valence-electron chi connectivity index (χ3n) is 2.53. The van der Waals surface area contributed by atoms with Crippen LogP contribution in [0.15, 0.2) is 12.6 Å². The lowest BCUT2D eigenvalue weighted by molar-refractivity contribution is 0.379. The maximum Gasteiger partial charge on any atom is 0.318 e. The lowest BCUT2D eigenvalue weighted by atomic mass is 10.3. The van der Waals surface area contributed by atoms with Crippen LogP contribution in [0.25, 0.3) is 6.08 Å². The molecule has 1 saturated heterocycles. The van der Waals surface area contributed by atoms with Gasteiger partial charge in [-0.3, -0.25) is 0 Å². The van der Waals surface area contributed by atoms with Gasteiger partial charge in [0, 0.05) is 19.2 Å². The van der Waals surface area contributed by atoms with Crippen LogP contribution in [0, 0.1) is 0 Å². The number of hydrogen-bond acceptors (Lipinski definition) is 4. The molecule has 1 aliphatic rings. The Morgan fingerprint density at radius 2 is 2.13 bits per heavy atom. The molecule has 0 spiro atoms. The summed E-state index contributed by atoms with van der Waals surface area (Å²) in [6, 6.07) is 2.36. The van der Waals surface area contributed by atoms with Gasteiger partial charge in [-0.05, 0) is 18.9 Å². The van der Waals surface area contributed by atoms with Gasteiger partial charge < -0.3 is 9.64 Å². The van der Waals surface area contributed by atoms with Crippen molar-refractivity contribution in [3.05, 3.63) is 18.3 Å². The number of rotatable bonds is 3. The highest BCUT2D eigenvalue weighted by molar-refractivity contribution is 5.51. The number of anilines is 1. The van der Waals surface area contributed by atoms with E-state index in [4.69, 9.17) is 4.74 Å². The monoisotopic (exact) mass is 205 g/mol. The first kappa shape index (κ1) is 9.96. The van der Waals surface area contributed by atoms with Crippen molar-refractivity contribution < 1.29 is 4.74 Å². The second-order valence-corrected chi connectivity index (χ2v) is 3.54. The summed E-state index contributed by atoms with van der Waals surface area (Å²) in [5.41, 5.74) is 0.809. The maximum absolute atomic E-state index is 5.06. The zero-order valence-corrected chi connectivity index (χ0v) is 8.94. The fraction of sp³-hybridized carbons (Fsp3) is 0.455. The van der Waals surface area contributed by atoms with E-state index in [1.807, 2.05) is 6.07 Å². The molecule has 2 heterocycles. The second-order valence-electron chi connectivity index (χ2n) is 3.54. The largest absolute Gasteiger partial charge is 0.467 e. The molecule has 1 fully saturated rings. The van der Waals surface area contributed by atoms with Gasteiger partial charge in [0.2, 0.25) is 0 Å². The third-order valence-corrected chi connectivity index (χ3v) is 2.53. The summed E-state index contributed by atoms with van der Waals surface area (Å²) in [6.45, 7) is 5.84. The van der Waals surface area contributed by atoms with Crippen molar-refractivity contribution in [1.82, 2.24) is 9.97 Å². The minimum absolute atomic E-state index is 0.411. The summed E-state index contributed by atoms with van der Waals surface area (Å²) in [5.74, 6) is 0.939. The van der Waals surface area contributed by atoms with Crippen molar-refractivity contribution in [2.24, 2.45) is 0 Å². The minimum Gasteiger partial charge on any atom is -0.467 e. The molecule has 0 atom stereocenters. The minimum atomic E-state index is 0.411. The first-order chi connectivity index (χ1) is 7.33. The van der Waals surface area contributed by atoms with Gasteiger partial charge in [0.15, 0.2) is 0 Å². The molecule has 0 radical (unpaired) electrons. The molecule has 0 bridgehead atoms. The zero-order valence-electron chi connectivity index (χ0n) is 8.94. The van der Waals surface area contributed by atoms with E-state index in [9.17, 15) is 0 Å². The molecule has 0 aromatic carbocycles. The van der Waals surface area contributed by atoms with E-state index in [-0.39, 0.29) is 0 Å². The topological polar surface area (TPSA) is 38.2 Å². The summed E-state index contributed by atoms with van der Waals surface area (Å²) in [5, 5.41) is 0. The van der Waals surface area contributed by atoms with Gasteiger partial charge >= 0.3 is 6.01 Å². The Kier molecular flexibility index (Phi) is 2.85. The van der Waals surface area contributed by atoms with Crippen molar-refractivity contribution in [3.63, 3.8) is 0 Å². The van der Waals surface area contributed by atoms with Crippen molar-refractivity contribution in [2.75, 3.05) is 25.1 Å². The standard InChI is InChI=1S/C11H15N3O/c1-3-9-8-10(13-11(12-9)15-2)14-6-4-5-7-14/h3,8H,1,4-7H2,2H3. The molecule has 1 aromatic heterocycles. The van der Waals surface area contributed by atoms with Gasteiger partial charge in [-0.1, -0.05) is 6.58 Å². The Hall–Kier alpha value is -1.58. The average Bonchev–Trinajstić information content (AvgIpc) is 2.81. The summed E-state index contributed by atoms with van der Waals surface area (Å²) in [4.78, 5) is 10.7. The molecule has 0 N–H and O–H groups in total. The SMILES string of the molecule is C=Cc1cc(N2CCCC2)nc(OC)n1. The molecule has 80 valence electrons. The van der Waals surface area contributed by atoms with Crippen LogP contribution in [0.3, 0.4) is 0 Å². The Balaban J connectivity index is 2.32. The number of ether oxygens (including phenoxy) is 1. The predicted octanol–water partition coefficient (Wildman–Crippen LogP) is 1.73. The van der Waals surface area contributed by atoms with E-state index in [1.165, 1.54) is 12.8 Å². The van der Waals surface area contributed by atoms with E-state index in [1.54, 1.807) is 13.2 Å². The zero-order chi connectivity index (χ0) is 10.7. The van der Waals surface area contributed by atoms with E-state index in [2.05, 4.69) is 21.4 Å². The fourth-order valence-electron chi connectivity index (χ4n) is 1.73. The van der Waals surface area contributed by atoms with Crippen LogP contribution in [-0.4, -0.2) is 30.2 Å². The molecule has 1 aliphatic heterocycles. The van der Waals surface area contributed by atoms with Crippen LogP contribution >= 0.6 is 0 Å². The Morgan fingerprint density at radius 3 is 2.73 bits per heavy atom. The molecule has 1 aromatic rings. The highest BCUT2D eigenvalue weighted by Gasteiger charge is 2.15. The van der Waals surface area contributed by atoms with Gasteiger partial charge in [-0.25, -0.2) is 0 Å². The third kappa shape index (κ3) is 2.09. The highest BCUT2D eigenvalue weighted by Crippen LogP contribution is 2.20. The van der Waals surface area contributed by atoms with Gasteiger partial charge in [0.1, 0.15) is 5.82 Å². The summed E-state index contributed by atoms with van der Waals surface area (Å²) < 4.78 is 5.06. The molecule has 0 aliphatic carbocycles. The normalized spacial score (nSPS) is 15.4. The molecule has 4 heteroatoms. The first-order valence-electron chi connectivity index (χ1n) is 5.14. The van der Waals surface area contributed by atoms with Crippen molar-refractivity contribution in [3.8, 4) is 6.01 Å². The predicted molar refractivity (Wildman–Crippen MR) is 60.1 cm³/mol. The van der Waals surface area contributed by atoms with Crippen LogP contribution in [0.4, 0.5) is 5.82 Å². The Labute approximate surface area is 89.6 Å². The van der Waals surface area contributed by atoms with E-state index < -0.39 is 0 Å². The smallest absolute Gasteiger partial charge is 0.318 e. The van der Waals surface area contributed by atoms with E-state index in [0.29, 0.717) is 6.01 Å². The quantitative estimate of drug-likeness (QED) is 0.753. The van der Waals surface area contributed by atoms with Crippen LogP contribution < -0.4 is 9.64 Å². The second kappa shape index (κ2) is 4.29.